The van der Waals surface area contributed by atoms with Crippen LogP contribution in [0.15, 0.2) is 0 Å². The molecule has 4 atom stereocenters. The van der Waals surface area contributed by atoms with Crippen LogP contribution in [-0.4, -0.2) is 55.0 Å². The molecule has 4 unspecified atom stereocenters. The summed E-state index contributed by atoms with van der Waals surface area (Å²) in [6.07, 6.45) is -3.31. The lowest BCUT2D eigenvalue weighted by atomic mass is 10.00. The van der Waals surface area contributed by atoms with Crippen molar-refractivity contribution >= 4 is 23.8 Å². The SMILES string of the molecule is CC(=O)NC1CC(OC(C)=O)C(OC(C)=O)C(COC(C)=O)O1. The van der Waals surface area contributed by atoms with E-state index in [-0.39, 0.29) is 18.9 Å². The number of rotatable bonds is 5. The summed E-state index contributed by atoms with van der Waals surface area (Å²) in [7, 11) is 0. The molecule has 1 amide bonds. The quantitative estimate of drug-likeness (QED) is 0.537. The summed E-state index contributed by atoms with van der Waals surface area (Å²) in [5.41, 5.74) is 0. The van der Waals surface area contributed by atoms with Crippen LogP contribution in [0.25, 0.3) is 0 Å². The van der Waals surface area contributed by atoms with Crippen molar-refractivity contribution < 1.29 is 38.1 Å². The van der Waals surface area contributed by atoms with Crippen molar-refractivity contribution in [1.29, 1.82) is 0 Å². The molecule has 1 heterocycles. The van der Waals surface area contributed by atoms with E-state index in [1.165, 1.54) is 27.7 Å². The monoisotopic (exact) mass is 331 g/mol. The minimum absolute atomic E-state index is 0.105. The van der Waals surface area contributed by atoms with Crippen molar-refractivity contribution in [3.05, 3.63) is 0 Å². The van der Waals surface area contributed by atoms with Crippen molar-refractivity contribution in [3.63, 3.8) is 0 Å². The Morgan fingerprint density at radius 3 is 2.09 bits per heavy atom. The van der Waals surface area contributed by atoms with Crippen LogP contribution in [0.4, 0.5) is 0 Å². The molecule has 23 heavy (non-hydrogen) atoms. The van der Waals surface area contributed by atoms with E-state index in [2.05, 4.69) is 5.32 Å². The maximum absolute atomic E-state index is 11.3. The number of amides is 1. The van der Waals surface area contributed by atoms with Gasteiger partial charge >= 0.3 is 17.9 Å². The summed E-state index contributed by atoms with van der Waals surface area (Å²) in [5, 5.41) is 2.54. The molecule has 0 spiro atoms. The van der Waals surface area contributed by atoms with Crippen molar-refractivity contribution in [2.45, 2.75) is 58.7 Å². The second kappa shape index (κ2) is 8.47. The first-order valence-electron chi connectivity index (χ1n) is 7.09. The fourth-order valence-corrected chi connectivity index (χ4v) is 2.25. The van der Waals surface area contributed by atoms with Gasteiger partial charge in [0.2, 0.25) is 5.91 Å². The Hall–Kier alpha value is -2.16. The van der Waals surface area contributed by atoms with Crippen LogP contribution in [0.3, 0.4) is 0 Å². The molecular weight excluding hydrogens is 310 g/mol. The zero-order chi connectivity index (χ0) is 17.6. The molecule has 1 aliphatic rings. The van der Waals surface area contributed by atoms with Crippen molar-refractivity contribution in [3.8, 4) is 0 Å². The van der Waals surface area contributed by atoms with Crippen LogP contribution in [0.1, 0.15) is 34.1 Å². The number of carbonyl (C=O) groups is 4. The molecule has 1 aliphatic heterocycles. The van der Waals surface area contributed by atoms with Gasteiger partial charge in [-0.2, -0.15) is 0 Å². The molecule has 0 aliphatic carbocycles. The fraction of sp³-hybridized carbons (Fsp3) is 0.714. The minimum atomic E-state index is -0.944. The van der Waals surface area contributed by atoms with Crippen LogP contribution in [-0.2, 0) is 38.1 Å². The van der Waals surface area contributed by atoms with Gasteiger partial charge in [0, 0.05) is 34.1 Å². The van der Waals surface area contributed by atoms with Gasteiger partial charge in [0.1, 0.15) is 25.0 Å². The Morgan fingerprint density at radius 1 is 1.00 bits per heavy atom. The van der Waals surface area contributed by atoms with Gasteiger partial charge in [-0.3, -0.25) is 19.2 Å². The standard InChI is InChI=1S/C14H21NO8/c1-7(16)15-13-5-11(21-9(3)18)14(22-10(4)19)12(23-13)6-20-8(2)17/h11-14H,5-6H2,1-4H3,(H,15,16). The van der Waals surface area contributed by atoms with Gasteiger partial charge in [-0.25, -0.2) is 0 Å². The van der Waals surface area contributed by atoms with Gasteiger partial charge in [-0.05, 0) is 0 Å². The maximum atomic E-state index is 11.3. The highest BCUT2D eigenvalue weighted by atomic mass is 16.6. The third kappa shape index (κ3) is 6.64. The van der Waals surface area contributed by atoms with Crippen LogP contribution in [0.2, 0.25) is 0 Å². The molecule has 1 saturated heterocycles. The zero-order valence-electron chi connectivity index (χ0n) is 13.5. The summed E-state index contributed by atoms with van der Waals surface area (Å²) >= 11 is 0. The summed E-state index contributed by atoms with van der Waals surface area (Å²) in [4.78, 5) is 44.8. The normalized spacial score (nSPS) is 26.8. The summed E-state index contributed by atoms with van der Waals surface area (Å²) in [5.74, 6) is -2.04. The molecule has 0 saturated carbocycles. The molecule has 0 aromatic heterocycles. The van der Waals surface area contributed by atoms with Crippen LogP contribution >= 0.6 is 0 Å². The minimum Gasteiger partial charge on any atom is -0.463 e. The molecule has 0 aromatic carbocycles. The largest absolute Gasteiger partial charge is 0.463 e. The highest BCUT2D eigenvalue weighted by Gasteiger charge is 2.43. The first-order valence-corrected chi connectivity index (χ1v) is 7.09. The number of nitrogens with one attached hydrogen (secondary N) is 1. The lowest BCUT2D eigenvalue weighted by molar-refractivity contribution is -0.218. The van der Waals surface area contributed by atoms with Crippen LogP contribution in [0, 0.1) is 0 Å². The molecule has 0 aromatic rings. The highest BCUT2D eigenvalue weighted by molar-refractivity contribution is 5.73. The Kier molecular flexibility index (Phi) is 6.95. The number of ether oxygens (including phenoxy) is 4. The molecule has 1 fully saturated rings. The van der Waals surface area contributed by atoms with E-state index in [0.29, 0.717) is 0 Å². The zero-order valence-corrected chi connectivity index (χ0v) is 13.5. The van der Waals surface area contributed by atoms with Gasteiger partial charge in [-0.1, -0.05) is 0 Å². The topological polar surface area (TPSA) is 117 Å². The molecule has 130 valence electrons. The molecule has 1 rings (SSSR count). The average molecular weight is 331 g/mol. The Labute approximate surface area is 133 Å². The molecular formula is C14H21NO8. The third-order valence-corrected chi connectivity index (χ3v) is 2.95. The molecule has 1 N–H and O–H groups in total. The molecule has 0 radical (unpaired) electrons. The smallest absolute Gasteiger partial charge is 0.303 e. The average Bonchev–Trinajstić information content (AvgIpc) is 2.37. The van der Waals surface area contributed by atoms with E-state index >= 15 is 0 Å². The van der Waals surface area contributed by atoms with Gasteiger partial charge in [0.15, 0.2) is 6.10 Å². The lowest BCUT2D eigenvalue weighted by Gasteiger charge is -2.40. The van der Waals surface area contributed by atoms with Gasteiger partial charge < -0.3 is 24.3 Å². The number of carbonyl (C=O) groups excluding carboxylic acids is 4. The Bertz CT molecular complexity index is 477. The third-order valence-electron chi connectivity index (χ3n) is 2.95. The predicted octanol–water partition coefficient (Wildman–Crippen LogP) is -0.336. The number of hydrogen-bond acceptors (Lipinski definition) is 8. The van der Waals surface area contributed by atoms with E-state index < -0.39 is 42.4 Å². The molecule has 9 nitrogen and oxygen atoms in total. The van der Waals surface area contributed by atoms with Crippen molar-refractivity contribution in [2.75, 3.05) is 6.61 Å². The lowest BCUT2D eigenvalue weighted by Crippen LogP contribution is -2.57. The Balaban J connectivity index is 2.94. The Morgan fingerprint density at radius 2 is 1.61 bits per heavy atom. The summed E-state index contributed by atoms with van der Waals surface area (Å²) in [6.45, 7) is 4.74. The summed E-state index contributed by atoms with van der Waals surface area (Å²) < 4.78 is 20.8. The predicted molar refractivity (Wildman–Crippen MR) is 74.8 cm³/mol. The van der Waals surface area contributed by atoms with Gasteiger partial charge in [0.05, 0.1) is 0 Å². The second-order valence-electron chi connectivity index (χ2n) is 5.12. The van der Waals surface area contributed by atoms with E-state index in [0.717, 1.165) is 0 Å². The van der Waals surface area contributed by atoms with Crippen LogP contribution < -0.4 is 5.32 Å². The van der Waals surface area contributed by atoms with E-state index in [9.17, 15) is 19.2 Å². The fourth-order valence-electron chi connectivity index (χ4n) is 2.25. The first kappa shape index (κ1) is 18.9. The maximum Gasteiger partial charge on any atom is 0.303 e. The van der Waals surface area contributed by atoms with Crippen molar-refractivity contribution in [2.24, 2.45) is 0 Å². The molecule has 0 bridgehead atoms. The van der Waals surface area contributed by atoms with E-state index in [4.69, 9.17) is 18.9 Å². The van der Waals surface area contributed by atoms with Crippen molar-refractivity contribution in [1.82, 2.24) is 5.32 Å². The van der Waals surface area contributed by atoms with E-state index in [1.54, 1.807) is 0 Å². The summed E-state index contributed by atoms with van der Waals surface area (Å²) in [6, 6.07) is 0. The van der Waals surface area contributed by atoms with Crippen LogP contribution in [0.5, 0.6) is 0 Å². The van der Waals surface area contributed by atoms with E-state index in [1.807, 2.05) is 0 Å². The molecule has 9 heteroatoms. The number of esters is 3. The number of hydrogen-bond donors (Lipinski definition) is 1. The second-order valence-corrected chi connectivity index (χ2v) is 5.12. The highest BCUT2D eigenvalue weighted by Crippen LogP contribution is 2.25. The van der Waals surface area contributed by atoms with Gasteiger partial charge in [-0.15, -0.1) is 0 Å². The first-order chi connectivity index (χ1) is 10.7. The van der Waals surface area contributed by atoms with Gasteiger partial charge in [0.25, 0.3) is 0 Å².